The lowest BCUT2D eigenvalue weighted by molar-refractivity contribution is 0.0650. The van der Waals surface area contributed by atoms with Crippen molar-refractivity contribution in [3.63, 3.8) is 0 Å². The predicted molar refractivity (Wildman–Crippen MR) is 88.7 cm³/mol. The van der Waals surface area contributed by atoms with Crippen molar-refractivity contribution in [2.45, 2.75) is 39.2 Å². The highest BCUT2D eigenvalue weighted by Gasteiger charge is 2.27. The zero-order valence-corrected chi connectivity index (χ0v) is 14.8. The third kappa shape index (κ3) is 4.32. The normalized spacial score (nSPS) is 19.0. The fraction of sp³-hybridized carbons (Fsp3) is 0.692. The lowest BCUT2D eigenvalue weighted by Crippen LogP contribution is -2.52. The summed E-state index contributed by atoms with van der Waals surface area (Å²) in [7, 11) is 0. The van der Waals surface area contributed by atoms with Gasteiger partial charge in [-0.2, -0.15) is 0 Å². The van der Waals surface area contributed by atoms with E-state index in [2.05, 4.69) is 38.0 Å². The third-order valence-electron chi connectivity index (χ3n) is 3.13. The summed E-state index contributed by atoms with van der Waals surface area (Å²) >= 11 is 1.58. The third-order valence-corrected chi connectivity index (χ3v) is 4.40. The fourth-order valence-corrected chi connectivity index (χ4v) is 2.89. The van der Waals surface area contributed by atoms with E-state index in [1.807, 2.05) is 10.3 Å². The molecule has 7 heteroatoms. The standard InChI is InChI=1S/C13H21N3OS.2ClH/c1-9-7-14-5-6-16(9)11(17)10-8-18-12(15-10)13(2,3)4;;/h8-9,14H,5-7H2,1-4H3;2*1H/t9-;;/m0../s1. The number of carbonyl (C=O) groups excluding carboxylic acids is 1. The van der Waals surface area contributed by atoms with Gasteiger partial charge in [0.2, 0.25) is 0 Å². The molecule has 0 bridgehead atoms. The maximum Gasteiger partial charge on any atom is 0.273 e. The van der Waals surface area contributed by atoms with Gasteiger partial charge in [-0.05, 0) is 6.92 Å². The summed E-state index contributed by atoms with van der Waals surface area (Å²) in [6, 6.07) is 0.242. The Morgan fingerprint density at radius 3 is 2.60 bits per heavy atom. The molecule has 0 unspecified atom stereocenters. The average molecular weight is 340 g/mol. The van der Waals surface area contributed by atoms with Gasteiger partial charge in [0, 0.05) is 36.5 Å². The molecule has 20 heavy (non-hydrogen) atoms. The lowest BCUT2D eigenvalue weighted by Gasteiger charge is -2.33. The Morgan fingerprint density at radius 2 is 2.10 bits per heavy atom. The number of hydrogen-bond acceptors (Lipinski definition) is 4. The molecule has 2 heterocycles. The molecule has 1 aromatic heterocycles. The van der Waals surface area contributed by atoms with Crippen molar-refractivity contribution in [3.8, 4) is 0 Å². The van der Waals surface area contributed by atoms with Gasteiger partial charge in [-0.25, -0.2) is 4.98 Å². The lowest BCUT2D eigenvalue weighted by atomic mass is 9.98. The van der Waals surface area contributed by atoms with Crippen LogP contribution in [-0.4, -0.2) is 41.5 Å². The quantitative estimate of drug-likeness (QED) is 0.855. The van der Waals surface area contributed by atoms with Crippen molar-refractivity contribution in [2.24, 2.45) is 0 Å². The topological polar surface area (TPSA) is 45.2 Å². The molecule has 4 nitrogen and oxygen atoms in total. The first-order valence-electron chi connectivity index (χ1n) is 6.37. The second kappa shape index (κ2) is 7.59. The molecule has 0 aromatic carbocycles. The van der Waals surface area contributed by atoms with E-state index in [0.717, 1.165) is 24.6 Å². The fourth-order valence-electron chi connectivity index (χ4n) is 2.01. The molecule has 1 aliphatic rings. The molecule has 1 aromatic rings. The molecule has 0 radical (unpaired) electrons. The number of rotatable bonds is 1. The van der Waals surface area contributed by atoms with E-state index < -0.39 is 0 Å². The molecule has 0 spiro atoms. The van der Waals surface area contributed by atoms with Gasteiger partial charge in [0.15, 0.2) is 0 Å². The highest BCUT2D eigenvalue weighted by molar-refractivity contribution is 7.10. The summed E-state index contributed by atoms with van der Waals surface area (Å²) in [4.78, 5) is 18.8. The molecule has 1 fully saturated rings. The first-order chi connectivity index (χ1) is 8.39. The summed E-state index contributed by atoms with van der Waals surface area (Å²) in [6.07, 6.45) is 0. The molecule has 1 N–H and O–H groups in total. The largest absolute Gasteiger partial charge is 0.332 e. The molecule has 0 saturated carbocycles. The van der Waals surface area contributed by atoms with Gasteiger partial charge in [0.25, 0.3) is 5.91 Å². The number of amides is 1. The van der Waals surface area contributed by atoms with Gasteiger partial charge in [-0.3, -0.25) is 4.79 Å². The van der Waals surface area contributed by atoms with E-state index in [-0.39, 0.29) is 42.2 Å². The highest BCUT2D eigenvalue weighted by atomic mass is 35.5. The minimum Gasteiger partial charge on any atom is -0.332 e. The second-order valence-corrected chi connectivity index (χ2v) is 6.70. The maximum absolute atomic E-state index is 12.4. The van der Waals surface area contributed by atoms with Crippen LogP contribution in [0.5, 0.6) is 0 Å². The molecule has 116 valence electrons. The van der Waals surface area contributed by atoms with Crippen molar-refractivity contribution in [3.05, 3.63) is 16.1 Å². The van der Waals surface area contributed by atoms with E-state index in [1.165, 1.54) is 0 Å². The highest BCUT2D eigenvalue weighted by Crippen LogP contribution is 2.26. The molecule has 1 amide bonds. The van der Waals surface area contributed by atoms with Crippen molar-refractivity contribution >= 4 is 42.1 Å². The van der Waals surface area contributed by atoms with E-state index in [9.17, 15) is 4.79 Å². The SMILES string of the molecule is C[C@H]1CNCCN1C(=O)c1csc(C(C)(C)C)n1.Cl.Cl. The van der Waals surface area contributed by atoms with Gasteiger partial charge in [-0.1, -0.05) is 20.8 Å². The van der Waals surface area contributed by atoms with Gasteiger partial charge >= 0.3 is 0 Å². The van der Waals surface area contributed by atoms with Crippen LogP contribution in [0.1, 0.15) is 43.2 Å². The second-order valence-electron chi connectivity index (χ2n) is 5.84. The van der Waals surface area contributed by atoms with Crippen molar-refractivity contribution in [1.82, 2.24) is 15.2 Å². The Kier molecular flexibility index (Phi) is 7.46. The van der Waals surface area contributed by atoms with Crippen LogP contribution in [0.3, 0.4) is 0 Å². The van der Waals surface area contributed by atoms with Crippen molar-refractivity contribution in [2.75, 3.05) is 19.6 Å². The molecule has 1 aliphatic heterocycles. The van der Waals surface area contributed by atoms with Gasteiger partial charge in [0.05, 0.1) is 5.01 Å². The Morgan fingerprint density at radius 1 is 1.45 bits per heavy atom. The molecule has 0 aliphatic carbocycles. The summed E-state index contributed by atoms with van der Waals surface area (Å²) in [5, 5.41) is 6.20. The monoisotopic (exact) mass is 339 g/mol. The number of aromatic nitrogens is 1. The number of carbonyl (C=O) groups is 1. The summed E-state index contributed by atoms with van der Waals surface area (Å²) in [5.74, 6) is 0.0655. The van der Waals surface area contributed by atoms with E-state index in [1.54, 1.807) is 11.3 Å². The first kappa shape index (κ1) is 19.6. The van der Waals surface area contributed by atoms with Crippen LogP contribution in [-0.2, 0) is 5.41 Å². The molecule has 1 atom stereocenters. The number of piperazine rings is 1. The zero-order valence-electron chi connectivity index (χ0n) is 12.3. The minimum atomic E-state index is 0. The molecule has 2 rings (SSSR count). The van der Waals surface area contributed by atoms with Crippen molar-refractivity contribution < 1.29 is 4.79 Å². The average Bonchev–Trinajstić information content (AvgIpc) is 2.77. The van der Waals surface area contributed by atoms with Crippen LogP contribution < -0.4 is 5.32 Å². The minimum absolute atomic E-state index is 0. The summed E-state index contributed by atoms with van der Waals surface area (Å²) in [6.45, 7) is 10.9. The van der Waals surface area contributed by atoms with Crippen LogP contribution in [0.15, 0.2) is 5.38 Å². The first-order valence-corrected chi connectivity index (χ1v) is 7.25. The summed E-state index contributed by atoms with van der Waals surface area (Å²) in [5.41, 5.74) is 0.608. The Labute approximate surface area is 137 Å². The molecular weight excluding hydrogens is 317 g/mol. The number of hydrogen-bond donors (Lipinski definition) is 1. The smallest absolute Gasteiger partial charge is 0.273 e. The number of nitrogens with zero attached hydrogens (tertiary/aromatic N) is 2. The van der Waals surface area contributed by atoms with E-state index in [4.69, 9.17) is 0 Å². The van der Waals surface area contributed by atoms with Crippen LogP contribution in [0, 0.1) is 0 Å². The van der Waals surface area contributed by atoms with Crippen LogP contribution in [0.25, 0.3) is 0 Å². The van der Waals surface area contributed by atoms with Crippen molar-refractivity contribution in [1.29, 1.82) is 0 Å². The number of nitrogens with one attached hydrogen (secondary N) is 1. The zero-order chi connectivity index (χ0) is 13.3. The summed E-state index contributed by atoms with van der Waals surface area (Å²) < 4.78 is 0. The van der Waals surface area contributed by atoms with E-state index >= 15 is 0 Å². The van der Waals surface area contributed by atoms with Gasteiger partial charge < -0.3 is 10.2 Å². The van der Waals surface area contributed by atoms with Crippen LogP contribution in [0.2, 0.25) is 0 Å². The Hall–Kier alpha value is -0.360. The van der Waals surface area contributed by atoms with E-state index in [0.29, 0.717) is 5.69 Å². The van der Waals surface area contributed by atoms with Gasteiger partial charge in [0.1, 0.15) is 5.69 Å². The Balaban J connectivity index is 0.00000180. The maximum atomic E-state index is 12.4. The molecule has 1 saturated heterocycles. The number of halogens is 2. The predicted octanol–water partition coefficient (Wildman–Crippen LogP) is 2.72. The molecular formula is C13H23Cl2N3OS. The number of thiazole rings is 1. The van der Waals surface area contributed by atoms with Gasteiger partial charge in [-0.15, -0.1) is 36.2 Å². The Bertz CT molecular complexity index is 445. The van der Waals surface area contributed by atoms with Crippen LogP contribution >= 0.6 is 36.2 Å². The van der Waals surface area contributed by atoms with Crippen LogP contribution in [0.4, 0.5) is 0 Å².